The van der Waals surface area contributed by atoms with Gasteiger partial charge < -0.3 is 39.9 Å². The molecule has 0 aliphatic carbocycles. The van der Waals surface area contributed by atoms with Gasteiger partial charge in [-0.1, -0.05) is 76.2 Å². The third kappa shape index (κ3) is 8.12. The van der Waals surface area contributed by atoms with E-state index < -0.39 is 24.3 Å². The summed E-state index contributed by atoms with van der Waals surface area (Å²) in [5.74, 6) is 0.955. The second kappa shape index (κ2) is 16.6. The molecule has 0 radical (unpaired) electrons. The zero-order valence-corrected chi connectivity index (χ0v) is 31.7. The number of benzene rings is 2. The van der Waals surface area contributed by atoms with Gasteiger partial charge in [-0.3, -0.25) is 9.59 Å². The van der Waals surface area contributed by atoms with Crippen molar-refractivity contribution in [3.63, 3.8) is 0 Å². The maximum absolute atomic E-state index is 13.5. The second-order valence-corrected chi connectivity index (χ2v) is 14.6. The highest BCUT2D eigenvalue weighted by Gasteiger charge is 2.39. The minimum Gasteiger partial charge on any atom is -0.453 e. The molecular weight excluding hydrogens is 688 g/mol. The highest BCUT2D eigenvalue weighted by atomic mass is 16.5. The van der Waals surface area contributed by atoms with Gasteiger partial charge in [0.05, 0.1) is 50.1 Å². The maximum Gasteiger partial charge on any atom is 0.407 e. The predicted octanol–water partition coefficient (Wildman–Crippen LogP) is 6.22. The number of methoxy groups -OCH3 is 2. The first-order valence-electron chi connectivity index (χ1n) is 18.6. The summed E-state index contributed by atoms with van der Waals surface area (Å²) in [7, 11) is 2.58. The molecule has 4 amide bonds. The number of rotatable bonds is 11. The van der Waals surface area contributed by atoms with E-state index in [4.69, 9.17) is 9.47 Å². The molecule has 4 aromatic rings. The first-order chi connectivity index (χ1) is 26.0. The van der Waals surface area contributed by atoms with Crippen LogP contribution in [0.3, 0.4) is 0 Å². The Hall–Kier alpha value is -5.66. The van der Waals surface area contributed by atoms with Crippen LogP contribution in [0.4, 0.5) is 9.59 Å². The van der Waals surface area contributed by atoms with E-state index in [1.165, 1.54) is 14.2 Å². The van der Waals surface area contributed by atoms with Crippen LogP contribution >= 0.6 is 0 Å². The third-order valence-electron chi connectivity index (χ3n) is 10.4. The van der Waals surface area contributed by atoms with E-state index >= 15 is 0 Å². The normalized spacial score (nSPS) is 18.1. The fourth-order valence-corrected chi connectivity index (χ4v) is 7.38. The molecule has 2 aromatic carbocycles. The van der Waals surface area contributed by atoms with Gasteiger partial charge in [0.2, 0.25) is 11.8 Å². The molecule has 14 heteroatoms. The Bertz CT molecular complexity index is 1800. The zero-order valence-electron chi connectivity index (χ0n) is 31.7. The fourth-order valence-electron chi connectivity index (χ4n) is 7.38. The average molecular weight is 739 g/mol. The van der Waals surface area contributed by atoms with Gasteiger partial charge in [-0.2, -0.15) is 0 Å². The van der Waals surface area contributed by atoms with E-state index in [-0.39, 0.29) is 35.7 Å². The Morgan fingerprint density at radius 1 is 0.630 bits per heavy atom. The Labute approximate surface area is 315 Å². The van der Waals surface area contributed by atoms with Crippen molar-refractivity contribution in [2.24, 2.45) is 11.8 Å². The summed E-state index contributed by atoms with van der Waals surface area (Å²) in [4.78, 5) is 70.7. The van der Waals surface area contributed by atoms with Gasteiger partial charge >= 0.3 is 12.2 Å². The minimum atomic E-state index is -0.687. The van der Waals surface area contributed by atoms with Crippen LogP contribution in [0.1, 0.15) is 77.1 Å². The summed E-state index contributed by atoms with van der Waals surface area (Å²) in [6, 6.07) is 14.7. The van der Waals surface area contributed by atoms with Gasteiger partial charge in [0.1, 0.15) is 23.7 Å². The van der Waals surface area contributed by atoms with Gasteiger partial charge in [-0.25, -0.2) is 19.6 Å². The number of hydrogen-bond acceptors (Lipinski definition) is 8. The topological polar surface area (TPSA) is 175 Å². The zero-order chi connectivity index (χ0) is 38.5. The van der Waals surface area contributed by atoms with Gasteiger partial charge in [0, 0.05) is 13.1 Å². The van der Waals surface area contributed by atoms with Crippen LogP contribution in [-0.4, -0.2) is 93.1 Å². The van der Waals surface area contributed by atoms with E-state index in [0.29, 0.717) is 13.1 Å². The number of H-pyrrole nitrogens is 2. The van der Waals surface area contributed by atoms with Crippen LogP contribution in [0, 0.1) is 11.8 Å². The number of nitrogens with one attached hydrogen (secondary N) is 4. The van der Waals surface area contributed by atoms with Gasteiger partial charge in [0.15, 0.2) is 0 Å². The number of hydrogen-bond donors (Lipinski definition) is 4. The van der Waals surface area contributed by atoms with Crippen molar-refractivity contribution < 1.29 is 28.7 Å². The maximum atomic E-state index is 13.5. The van der Waals surface area contributed by atoms with Crippen molar-refractivity contribution in [1.29, 1.82) is 0 Å². The molecule has 4 N–H and O–H groups in total. The lowest BCUT2D eigenvalue weighted by Gasteiger charge is -2.30. The highest BCUT2D eigenvalue weighted by Crippen LogP contribution is 2.35. The molecule has 4 atom stereocenters. The van der Waals surface area contributed by atoms with E-state index in [9.17, 15) is 19.2 Å². The largest absolute Gasteiger partial charge is 0.453 e. The number of aromatic amines is 2. The summed E-state index contributed by atoms with van der Waals surface area (Å²) in [5, 5.41) is 5.38. The summed E-state index contributed by atoms with van der Waals surface area (Å²) in [6.45, 7) is 8.78. The molecule has 0 saturated carbocycles. The number of amides is 4. The van der Waals surface area contributed by atoms with E-state index in [0.717, 1.165) is 71.0 Å². The number of ether oxygens (including phenoxy) is 2. The van der Waals surface area contributed by atoms with Crippen LogP contribution < -0.4 is 10.6 Å². The molecule has 2 aliphatic heterocycles. The smallest absolute Gasteiger partial charge is 0.407 e. The summed E-state index contributed by atoms with van der Waals surface area (Å²) in [6.07, 6.45) is 5.61. The van der Waals surface area contributed by atoms with E-state index in [1.807, 2.05) is 52.0 Å². The number of imidazole rings is 2. The van der Waals surface area contributed by atoms with Crippen LogP contribution in [0.2, 0.25) is 0 Å². The molecule has 2 aromatic heterocycles. The number of likely N-dealkylation sites (tertiary alicyclic amines) is 2. The van der Waals surface area contributed by atoms with Gasteiger partial charge in [-0.05, 0) is 59.8 Å². The summed E-state index contributed by atoms with van der Waals surface area (Å²) in [5.41, 5.74) is 5.78. The number of aromatic nitrogens is 4. The molecule has 0 spiro atoms. The van der Waals surface area contributed by atoms with Crippen molar-refractivity contribution in [3.8, 4) is 33.6 Å². The molecule has 0 bridgehead atoms. The number of alkyl carbamates (subject to hydrolysis) is 2. The first kappa shape index (κ1) is 38.1. The molecule has 2 aliphatic rings. The monoisotopic (exact) mass is 738 g/mol. The Balaban J connectivity index is 1.11. The summed E-state index contributed by atoms with van der Waals surface area (Å²) < 4.78 is 9.50. The number of carbonyl (C=O) groups excluding carboxylic acids is 4. The number of nitrogens with zero attached hydrogens (tertiary/aromatic N) is 4. The lowest BCUT2D eigenvalue weighted by atomic mass is 10.0. The Morgan fingerprint density at radius 2 is 0.981 bits per heavy atom. The molecule has 0 unspecified atom stereocenters. The molecule has 4 heterocycles. The second-order valence-electron chi connectivity index (χ2n) is 14.6. The fraction of sp³-hybridized carbons (Fsp3) is 0.450. The molecule has 2 fully saturated rings. The van der Waals surface area contributed by atoms with Crippen LogP contribution in [0.5, 0.6) is 0 Å². The Morgan fingerprint density at radius 3 is 1.31 bits per heavy atom. The average Bonchev–Trinajstić information content (AvgIpc) is 4.02. The van der Waals surface area contributed by atoms with E-state index in [1.54, 1.807) is 22.2 Å². The van der Waals surface area contributed by atoms with Crippen LogP contribution in [0.15, 0.2) is 60.9 Å². The lowest BCUT2D eigenvalue weighted by molar-refractivity contribution is -0.136. The predicted molar refractivity (Wildman–Crippen MR) is 203 cm³/mol. The third-order valence-corrected chi connectivity index (χ3v) is 10.4. The number of carbonyl (C=O) groups is 4. The van der Waals surface area contributed by atoms with Crippen molar-refractivity contribution in [2.75, 3.05) is 27.3 Å². The Kier molecular flexibility index (Phi) is 11.7. The SMILES string of the molecule is COC(=O)N[C@H](C(=O)N1CCC[C@@H]1c1ncc(-c2ccc(-c3ccc(-c4cnc([C@H]5CCCN5C(=O)[C@H](NC(=O)OC)C(C)C)[nH]4)cc3)cc2)[nH]1)C(C)C. The molecule has 2 saturated heterocycles. The van der Waals surface area contributed by atoms with Crippen LogP contribution in [-0.2, 0) is 19.1 Å². The highest BCUT2D eigenvalue weighted by molar-refractivity contribution is 5.87. The van der Waals surface area contributed by atoms with Crippen LogP contribution in [0.25, 0.3) is 33.6 Å². The quantitative estimate of drug-likeness (QED) is 0.140. The van der Waals surface area contributed by atoms with E-state index in [2.05, 4.69) is 54.8 Å². The van der Waals surface area contributed by atoms with Crippen molar-refractivity contribution in [3.05, 3.63) is 72.6 Å². The molecule has 54 heavy (non-hydrogen) atoms. The standard InChI is InChI=1S/C40H50N8O6/c1-23(2)33(45-39(51)53-5)37(49)47-19-7-9-31(47)35-41-21-29(43-35)27-15-11-25(12-16-27)26-13-17-28(18-14-26)30-22-42-36(44-30)32-10-8-20-48(32)38(50)34(24(3)4)46-40(52)54-6/h11-18,21-24,31-34H,7-10,19-20H2,1-6H3,(H,41,43)(H,42,44)(H,45,51)(H,46,52)/t31-,32-,33-,34+/m1/s1. The first-order valence-corrected chi connectivity index (χ1v) is 18.6. The van der Waals surface area contributed by atoms with Gasteiger partial charge in [0.25, 0.3) is 0 Å². The van der Waals surface area contributed by atoms with Crippen molar-refractivity contribution in [1.82, 2.24) is 40.4 Å². The van der Waals surface area contributed by atoms with Crippen molar-refractivity contribution in [2.45, 2.75) is 77.5 Å². The molecule has 286 valence electrons. The lowest BCUT2D eigenvalue weighted by Crippen LogP contribution is -2.51. The molecule has 14 nitrogen and oxygen atoms in total. The summed E-state index contributed by atoms with van der Waals surface area (Å²) >= 11 is 0. The van der Waals surface area contributed by atoms with Crippen molar-refractivity contribution >= 4 is 24.0 Å². The van der Waals surface area contributed by atoms with Gasteiger partial charge in [-0.15, -0.1) is 0 Å². The minimum absolute atomic E-state index is 0.104. The molecule has 6 rings (SSSR count). The molecular formula is C40H50N8O6.